The lowest BCUT2D eigenvalue weighted by Crippen LogP contribution is -2.23. The number of rotatable bonds is 4. The quantitative estimate of drug-likeness (QED) is 0.763. The van der Waals surface area contributed by atoms with Gasteiger partial charge in [0.2, 0.25) is 0 Å². The van der Waals surface area contributed by atoms with Crippen LogP contribution in [0.25, 0.3) is 0 Å². The van der Waals surface area contributed by atoms with E-state index in [9.17, 15) is 4.79 Å². The molecule has 74 valence electrons. The van der Waals surface area contributed by atoms with E-state index < -0.39 is 0 Å². The third-order valence-corrected chi connectivity index (χ3v) is 2.38. The van der Waals surface area contributed by atoms with E-state index in [1.165, 1.54) is 11.3 Å². The minimum Gasteiger partial charge on any atom is -0.492 e. The van der Waals surface area contributed by atoms with Gasteiger partial charge in [-0.1, -0.05) is 5.92 Å². The van der Waals surface area contributed by atoms with Gasteiger partial charge in [0.15, 0.2) is 0 Å². The fraction of sp³-hybridized carbons (Fsp3) is 0.300. The van der Waals surface area contributed by atoms with Gasteiger partial charge in [-0.2, -0.15) is 0 Å². The van der Waals surface area contributed by atoms with Crippen molar-refractivity contribution in [2.24, 2.45) is 0 Å². The lowest BCUT2D eigenvalue weighted by molar-refractivity contribution is 0.0959. The number of hydrogen-bond acceptors (Lipinski definition) is 3. The van der Waals surface area contributed by atoms with Crippen molar-refractivity contribution in [3.05, 3.63) is 16.3 Å². The number of terminal acetylenes is 1. The summed E-state index contributed by atoms with van der Waals surface area (Å²) in [5.74, 6) is 2.78. The van der Waals surface area contributed by atoms with Crippen molar-refractivity contribution < 1.29 is 9.53 Å². The maximum atomic E-state index is 11.5. The van der Waals surface area contributed by atoms with Gasteiger partial charge in [0, 0.05) is 0 Å². The van der Waals surface area contributed by atoms with Gasteiger partial charge in [0.1, 0.15) is 10.6 Å². The molecule has 0 aromatic carbocycles. The van der Waals surface area contributed by atoms with Gasteiger partial charge < -0.3 is 10.1 Å². The number of carbonyl (C=O) groups excluding carboxylic acids is 1. The summed E-state index contributed by atoms with van der Waals surface area (Å²) in [6, 6.07) is 1.78. The first-order chi connectivity index (χ1) is 6.79. The minimum absolute atomic E-state index is 0.179. The molecule has 0 unspecified atom stereocenters. The fourth-order valence-corrected chi connectivity index (χ4v) is 1.69. The molecular weight excluding hydrogens is 198 g/mol. The first-order valence-electron chi connectivity index (χ1n) is 4.21. The molecule has 0 spiro atoms. The molecule has 0 aliphatic rings. The zero-order valence-corrected chi connectivity index (χ0v) is 8.69. The van der Waals surface area contributed by atoms with E-state index in [-0.39, 0.29) is 12.5 Å². The van der Waals surface area contributed by atoms with Crippen LogP contribution < -0.4 is 10.1 Å². The van der Waals surface area contributed by atoms with Crippen molar-refractivity contribution in [2.45, 2.75) is 6.92 Å². The molecule has 1 N–H and O–H groups in total. The minimum atomic E-state index is -0.179. The molecule has 0 bridgehead atoms. The number of hydrogen-bond donors (Lipinski definition) is 1. The number of nitrogens with one attached hydrogen (secondary N) is 1. The van der Waals surface area contributed by atoms with Gasteiger partial charge in [0.05, 0.1) is 13.2 Å². The van der Waals surface area contributed by atoms with Crippen molar-refractivity contribution in [2.75, 3.05) is 13.2 Å². The van der Waals surface area contributed by atoms with Crippen LogP contribution in [0, 0.1) is 12.3 Å². The van der Waals surface area contributed by atoms with Crippen LogP contribution in [0.1, 0.15) is 16.6 Å². The predicted octanol–water partition coefficient (Wildman–Crippen LogP) is 1.51. The standard InChI is InChI=1S/C10H11NO2S/c1-3-6-11-10(12)9-8(13-4-2)5-7-14-9/h1,5,7H,4,6H2,2H3,(H,11,12). The van der Waals surface area contributed by atoms with Gasteiger partial charge in [-0.05, 0) is 18.4 Å². The molecular formula is C10H11NO2S. The molecule has 0 fully saturated rings. The van der Waals surface area contributed by atoms with Crippen LogP contribution in [-0.2, 0) is 0 Å². The van der Waals surface area contributed by atoms with Crippen LogP contribution in [0.2, 0.25) is 0 Å². The first kappa shape index (κ1) is 10.6. The lowest BCUT2D eigenvalue weighted by Gasteiger charge is -2.03. The summed E-state index contributed by atoms with van der Waals surface area (Å²) in [4.78, 5) is 12.1. The van der Waals surface area contributed by atoms with Gasteiger partial charge in [-0.15, -0.1) is 17.8 Å². The zero-order chi connectivity index (χ0) is 10.4. The van der Waals surface area contributed by atoms with Crippen molar-refractivity contribution >= 4 is 17.2 Å². The van der Waals surface area contributed by atoms with Crippen molar-refractivity contribution in [1.82, 2.24) is 5.32 Å². The smallest absolute Gasteiger partial charge is 0.265 e. The van der Waals surface area contributed by atoms with Crippen molar-refractivity contribution in [1.29, 1.82) is 0 Å². The molecule has 0 saturated heterocycles. The Hall–Kier alpha value is -1.47. The lowest BCUT2D eigenvalue weighted by atomic mass is 10.4. The average molecular weight is 209 g/mol. The zero-order valence-electron chi connectivity index (χ0n) is 7.87. The number of ether oxygens (including phenoxy) is 1. The van der Waals surface area contributed by atoms with Crippen LogP contribution in [0.3, 0.4) is 0 Å². The highest BCUT2D eigenvalue weighted by Crippen LogP contribution is 2.24. The summed E-state index contributed by atoms with van der Waals surface area (Å²) in [6.07, 6.45) is 5.03. The molecule has 1 aromatic heterocycles. The molecule has 1 aromatic rings. The van der Waals surface area contributed by atoms with Crippen LogP contribution in [0.4, 0.5) is 0 Å². The highest BCUT2D eigenvalue weighted by Gasteiger charge is 2.12. The Kier molecular flexibility index (Phi) is 4.02. The van der Waals surface area contributed by atoms with E-state index >= 15 is 0 Å². The summed E-state index contributed by atoms with van der Waals surface area (Å²) in [5.41, 5.74) is 0. The van der Waals surface area contributed by atoms with Crippen LogP contribution in [0.15, 0.2) is 11.4 Å². The Morgan fingerprint density at radius 2 is 2.57 bits per heavy atom. The fourth-order valence-electron chi connectivity index (χ4n) is 0.944. The molecule has 0 atom stereocenters. The summed E-state index contributed by atoms with van der Waals surface area (Å²) < 4.78 is 5.28. The Labute approximate surface area is 87.1 Å². The molecule has 3 nitrogen and oxygen atoms in total. The van der Waals surface area contributed by atoms with E-state index in [4.69, 9.17) is 11.2 Å². The third kappa shape index (κ3) is 2.51. The first-order valence-corrected chi connectivity index (χ1v) is 5.09. The highest BCUT2D eigenvalue weighted by atomic mass is 32.1. The SMILES string of the molecule is C#CCNC(=O)c1sccc1OCC. The number of carbonyl (C=O) groups is 1. The van der Waals surface area contributed by atoms with Gasteiger partial charge in [0.25, 0.3) is 5.91 Å². The summed E-state index contributed by atoms with van der Waals surface area (Å²) >= 11 is 1.34. The highest BCUT2D eigenvalue weighted by molar-refractivity contribution is 7.12. The molecule has 0 saturated carbocycles. The van der Waals surface area contributed by atoms with Crippen LogP contribution >= 0.6 is 11.3 Å². The van der Waals surface area contributed by atoms with Crippen molar-refractivity contribution in [3.8, 4) is 18.1 Å². The van der Waals surface area contributed by atoms with E-state index in [0.29, 0.717) is 17.2 Å². The Balaban J connectivity index is 2.69. The number of thiophene rings is 1. The second-order valence-corrected chi connectivity index (χ2v) is 3.35. The Morgan fingerprint density at radius 1 is 1.79 bits per heavy atom. The monoisotopic (exact) mass is 209 g/mol. The molecule has 0 radical (unpaired) electrons. The Morgan fingerprint density at radius 3 is 3.21 bits per heavy atom. The van der Waals surface area contributed by atoms with Gasteiger partial charge in [-0.3, -0.25) is 4.79 Å². The van der Waals surface area contributed by atoms with E-state index in [0.717, 1.165) is 0 Å². The average Bonchev–Trinajstić information content (AvgIpc) is 2.63. The maximum absolute atomic E-state index is 11.5. The maximum Gasteiger partial charge on any atom is 0.265 e. The second-order valence-electron chi connectivity index (χ2n) is 2.43. The second kappa shape index (κ2) is 5.30. The molecule has 4 heteroatoms. The van der Waals surface area contributed by atoms with E-state index in [1.54, 1.807) is 6.07 Å². The third-order valence-electron chi connectivity index (χ3n) is 1.49. The molecule has 0 aliphatic carbocycles. The summed E-state index contributed by atoms with van der Waals surface area (Å²) in [7, 11) is 0. The normalized spacial score (nSPS) is 9.14. The van der Waals surface area contributed by atoms with E-state index in [1.807, 2.05) is 12.3 Å². The topological polar surface area (TPSA) is 38.3 Å². The predicted molar refractivity (Wildman–Crippen MR) is 56.7 cm³/mol. The van der Waals surface area contributed by atoms with Gasteiger partial charge >= 0.3 is 0 Å². The molecule has 1 rings (SSSR count). The summed E-state index contributed by atoms with van der Waals surface area (Å²) in [5, 5.41) is 4.40. The summed E-state index contributed by atoms with van der Waals surface area (Å²) in [6.45, 7) is 2.66. The van der Waals surface area contributed by atoms with E-state index in [2.05, 4.69) is 11.2 Å². The molecule has 1 amide bonds. The molecule has 14 heavy (non-hydrogen) atoms. The Bertz CT molecular complexity index is 351. The largest absolute Gasteiger partial charge is 0.492 e. The molecule has 1 heterocycles. The number of amides is 1. The van der Waals surface area contributed by atoms with Gasteiger partial charge in [-0.25, -0.2) is 0 Å². The van der Waals surface area contributed by atoms with Crippen LogP contribution in [0.5, 0.6) is 5.75 Å². The van der Waals surface area contributed by atoms with Crippen LogP contribution in [-0.4, -0.2) is 19.1 Å². The van der Waals surface area contributed by atoms with Crippen molar-refractivity contribution in [3.63, 3.8) is 0 Å². The molecule has 0 aliphatic heterocycles.